The molecule has 1 heterocycles. The number of hydrogen-bond donors (Lipinski definition) is 0. The minimum absolute atomic E-state index is 0.0244. The maximum absolute atomic E-state index is 7.27. The quantitative estimate of drug-likeness (QED) is 0.229. The molecule has 3 nitrogen and oxygen atoms in total. The van der Waals surface area contributed by atoms with E-state index in [0.29, 0.717) is 24.6 Å². The van der Waals surface area contributed by atoms with Crippen LogP contribution in [-0.2, 0) is 20.5 Å². The van der Waals surface area contributed by atoms with Crippen LogP contribution in [0.2, 0.25) is 9.85 Å². The summed E-state index contributed by atoms with van der Waals surface area (Å²) < 4.78 is 21.8. The van der Waals surface area contributed by atoms with Gasteiger partial charge in [0.15, 0.2) is 0 Å². The molecule has 0 aliphatic carbocycles. The molecule has 1 aliphatic rings. The van der Waals surface area contributed by atoms with Crippen molar-refractivity contribution in [2.24, 2.45) is 0 Å². The third-order valence-corrected chi connectivity index (χ3v) is 15.0. The van der Waals surface area contributed by atoms with Crippen molar-refractivity contribution in [2.75, 3.05) is 13.2 Å². The Labute approximate surface area is 240 Å². The molecule has 5 heteroatoms. The molecule has 1 fully saturated rings. The van der Waals surface area contributed by atoms with Gasteiger partial charge in [-0.25, -0.2) is 0 Å². The predicted octanol–water partition coefficient (Wildman–Crippen LogP) is 5.37. The van der Waals surface area contributed by atoms with Crippen molar-refractivity contribution in [2.45, 2.75) is 49.4 Å². The summed E-state index contributed by atoms with van der Waals surface area (Å²) >= 11 is 0.245. The standard InChI is InChI=1S/C34H38O3SeSi/c1-34(2,3)39(29-20-12-6-13-21-29,30-22-14-7-15-23-30)37-25-31-33(36-24-27-16-8-4-9-17-27)32(26-35-31)38-28-18-10-5-11-19-28/h4-23,31-33H,24-26H2,1-3H3/t31-,32-,33-/m1/s1. The molecule has 0 bridgehead atoms. The summed E-state index contributed by atoms with van der Waals surface area (Å²) in [4.78, 5) is 0.330. The van der Waals surface area contributed by atoms with Gasteiger partial charge in [-0.05, 0) is 0 Å². The summed E-state index contributed by atoms with van der Waals surface area (Å²) in [5.41, 5.74) is 1.18. The number of ether oxygens (including phenoxy) is 2. The molecular formula is C34H38O3SeSi. The molecule has 3 atom stereocenters. The van der Waals surface area contributed by atoms with Gasteiger partial charge >= 0.3 is 242 Å². The Morgan fingerprint density at radius 3 is 1.79 bits per heavy atom. The molecule has 0 amide bonds. The van der Waals surface area contributed by atoms with Crippen molar-refractivity contribution < 1.29 is 13.9 Å². The number of benzene rings is 4. The topological polar surface area (TPSA) is 27.7 Å². The fourth-order valence-electron chi connectivity index (χ4n) is 5.52. The molecule has 0 aromatic heterocycles. The fourth-order valence-corrected chi connectivity index (χ4v) is 12.6. The molecule has 4 aromatic carbocycles. The third kappa shape index (κ3) is 6.46. The van der Waals surface area contributed by atoms with Gasteiger partial charge < -0.3 is 0 Å². The van der Waals surface area contributed by atoms with Gasteiger partial charge in [-0.15, -0.1) is 0 Å². The van der Waals surface area contributed by atoms with E-state index in [0.717, 1.165) is 0 Å². The van der Waals surface area contributed by atoms with Crippen LogP contribution in [0.25, 0.3) is 0 Å². The Kier molecular flexibility index (Phi) is 9.19. The van der Waals surface area contributed by atoms with E-state index in [1.807, 2.05) is 6.07 Å². The van der Waals surface area contributed by atoms with Crippen LogP contribution in [-0.4, -0.2) is 48.7 Å². The Hall–Kier alpha value is -2.50. The summed E-state index contributed by atoms with van der Waals surface area (Å²) in [6.45, 7) is 8.74. The minimum atomic E-state index is -2.66. The SMILES string of the molecule is CC(C)(C)[Si](OC[C@H]1OC[C@@H]([Se]c2ccccc2)[C@@H]1OCc1ccccc1)(c1ccccc1)c1ccccc1. The average Bonchev–Trinajstić information content (AvgIpc) is 3.34. The van der Waals surface area contributed by atoms with Crippen LogP contribution in [0, 0.1) is 0 Å². The van der Waals surface area contributed by atoms with Gasteiger partial charge in [0.2, 0.25) is 0 Å². The van der Waals surface area contributed by atoms with Gasteiger partial charge in [0.25, 0.3) is 0 Å². The van der Waals surface area contributed by atoms with Crippen molar-refractivity contribution >= 4 is 38.1 Å². The summed E-state index contributed by atoms with van der Waals surface area (Å²) in [5.74, 6) is 0. The second-order valence-electron chi connectivity index (χ2n) is 11.1. The molecule has 39 heavy (non-hydrogen) atoms. The normalized spacial score (nSPS) is 19.7. The van der Waals surface area contributed by atoms with E-state index >= 15 is 0 Å². The molecular weight excluding hydrogens is 563 g/mol. The summed E-state index contributed by atoms with van der Waals surface area (Å²) in [6, 6.07) is 42.9. The summed E-state index contributed by atoms with van der Waals surface area (Å²) in [5, 5.41) is 2.49. The van der Waals surface area contributed by atoms with E-state index in [9.17, 15) is 0 Å². The Morgan fingerprint density at radius 1 is 0.744 bits per heavy atom. The van der Waals surface area contributed by atoms with Crippen LogP contribution < -0.4 is 14.8 Å². The van der Waals surface area contributed by atoms with E-state index in [2.05, 4.69) is 136 Å². The summed E-state index contributed by atoms with van der Waals surface area (Å²) in [7, 11) is -2.66. The molecule has 0 N–H and O–H groups in total. The zero-order valence-electron chi connectivity index (χ0n) is 23.0. The second-order valence-corrected chi connectivity index (χ2v) is 18.1. The molecule has 0 saturated carbocycles. The van der Waals surface area contributed by atoms with Crippen molar-refractivity contribution in [3.8, 4) is 0 Å². The van der Waals surface area contributed by atoms with Crippen molar-refractivity contribution in [3.63, 3.8) is 0 Å². The number of hydrogen-bond acceptors (Lipinski definition) is 3. The molecule has 0 radical (unpaired) electrons. The van der Waals surface area contributed by atoms with E-state index in [-0.39, 0.29) is 32.2 Å². The monoisotopic (exact) mass is 602 g/mol. The molecule has 0 unspecified atom stereocenters. The van der Waals surface area contributed by atoms with Crippen LogP contribution in [0.3, 0.4) is 0 Å². The van der Waals surface area contributed by atoms with Crippen LogP contribution in [0.4, 0.5) is 0 Å². The van der Waals surface area contributed by atoms with E-state index in [1.54, 1.807) is 0 Å². The van der Waals surface area contributed by atoms with Crippen LogP contribution in [0.1, 0.15) is 26.3 Å². The third-order valence-electron chi connectivity index (χ3n) is 7.40. The van der Waals surface area contributed by atoms with Crippen LogP contribution in [0.15, 0.2) is 121 Å². The van der Waals surface area contributed by atoms with E-state index in [4.69, 9.17) is 13.9 Å². The van der Waals surface area contributed by atoms with Gasteiger partial charge in [-0.1, -0.05) is 0 Å². The van der Waals surface area contributed by atoms with E-state index < -0.39 is 8.32 Å². The Bertz CT molecular complexity index is 1240. The first kappa shape index (κ1) is 28.0. The molecule has 5 rings (SSSR count). The first-order valence-electron chi connectivity index (χ1n) is 13.7. The predicted molar refractivity (Wildman–Crippen MR) is 164 cm³/mol. The zero-order chi connectivity index (χ0) is 27.1. The molecule has 1 saturated heterocycles. The van der Waals surface area contributed by atoms with Crippen molar-refractivity contribution in [3.05, 3.63) is 127 Å². The first-order chi connectivity index (χ1) is 19.0. The fraction of sp³-hybridized carbons (Fsp3) is 0.294. The Morgan fingerprint density at radius 2 is 1.26 bits per heavy atom. The summed E-state index contributed by atoms with van der Waals surface area (Å²) in [6.07, 6.45) is -0.144. The average molecular weight is 602 g/mol. The van der Waals surface area contributed by atoms with E-state index in [1.165, 1.54) is 20.4 Å². The maximum atomic E-state index is 7.27. The second kappa shape index (κ2) is 12.8. The van der Waals surface area contributed by atoms with Gasteiger partial charge in [-0.2, -0.15) is 0 Å². The zero-order valence-corrected chi connectivity index (χ0v) is 25.7. The van der Waals surface area contributed by atoms with Gasteiger partial charge in [0.1, 0.15) is 0 Å². The number of rotatable bonds is 10. The van der Waals surface area contributed by atoms with Crippen LogP contribution in [0.5, 0.6) is 0 Å². The van der Waals surface area contributed by atoms with Gasteiger partial charge in [0.05, 0.1) is 0 Å². The molecule has 4 aromatic rings. The van der Waals surface area contributed by atoms with Crippen molar-refractivity contribution in [1.29, 1.82) is 0 Å². The van der Waals surface area contributed by atoms with Gasteiger partial charge in [0, 0.05) is 0 Å². The molecule has 1 aliphatic heterocycles. The molecule has 0 spiro atoms. The Balaban J connectivity index is 1.43. The van der Waals surface area contributed by atoms with Gasteiger partial charge in [-0.3, -0.25) is 0 Å². The van der Waals surface area contributed by atoms with Crippen LogP contribution >= 0.6 is 0 Å². The molecule has 202 valence electrons. The first-order valence-corrected chi connectivity index (χ1v) is 17.5. The van der Waals surface area contributed by atoms with Crippen molar-refractivity contribution in [1.82, 2.24) is 0 Å².